The summed E-state index contributed by atoms with van der Waals surface area (Å²) < 4.78 is 13.5. The number of likely N-dealkylation sites (tertiary alicyclic amines) is 1. The largest absolute Gasteiger partial charge is 0.353 e. The number of rotatable bonds is 5. The van der Waals surface area contributed by atoms with Crippen LogP contribution in [0.3, 0.4) is 0 Å². The highest BCUT2D eigenvalue weighted by Gasteiger charge is 2.16. The quantitative estimate of drug-likeness (QED) is 0.267. The van der Waals surface area contributed by atoms with E-state index < -0.39 is 0 Å². The zero-order valence-corrected chi connectivity index (χ0v) is 20.9. The third-order valence-electron chi connectivity index (χ3n) is 7.47. The van der Waals surface area contributed by atoms with E-state index in [0.29, 0.717) is 0 Å². The molecule has 6 nitrogen and oxygen atoms in total. The molecule has 7 heteroatoms. The number of nitrogens with zero attached hydrogens (tertiary/aromatic N) is 4. The van der Waals surface area contributed by atoms with Gasteiger partial charge in [-0.25, -0.2) is 4.39 Å². The van der Waals surface area contributed by atoms with E-state index in [4.69, 9.17) is 4.98 Å². The molecule has 5 heterocycles. The molecule has 0 radical (unpaired) electrons. The molecule has 1 fully saturated rings. The van der Waals surface area contributed by atoms with Crippen molar-refractivity contribution in [3.05, 3.63) is 90.6 Å². The molecule has 0 amide bonds. The van der Waals surface area contributed by atoms with Gasteiger partial charge in [0, 0.05) is 40.8 Å². The first-order valence-corrected chi connectivity index (χ1v) is 13.1. The second-order valence-electron chi connectivity index (χ2n) is 10.1. The summed E-state index contributed by atoms with van der Waals surface area (Å²) in [6.07, 6.45) is 9.55. The van der Waals surface area contributed by atoms with E-state index in [1.165, 1.54) is 37.0 Å². The molecule has 0 saturated carbocycles. The van der Waals surface area contributed by atoms with Crippen LogP contribution in [0.4, 0.5) is 4.39 Å². The molecule has 1 aliphatic heterocycles. The molecular weight excluding hydrogens is 475 g/mol. The minimum Gasteiger partial charge on any atom is -0.353 e. The molecule has 0 unspecified atom stereocenters. The second-order valence-corrected chi connectivity index (χ2v) is 10.1. The summed E-state index contributed by atoms with van der Waals surface area (Å²) in [6.45, 7) is 3.23. The van der Waals surface area contributed by atoms with Gasteiger partial charge >= 0.3 is 0 Å². The SMILES string of the molecule is Fc1ccc(-c2cccc3[nH]c(-c4n[nH]c5cnc(-c6cncc(CN7CCCCC7)c6)cc45)cc23)cc1. The number of aromatic amines is 2. The van der Waals surface area contributed by atoms with Gasteiger partial charge < -0.3 is 4.98 Å². The topological polar surface area (TPSA) is 73.5 Å². The van der Waals surface area contributed by atoms with Gasteiger partial charge in [0.05, 0.1) is 23.1 Å². The van der Waals surface area contributed by atoms with Crippen molar-refractivity contribution in [3.8, 4) is 33.8 Å². The first kappa shape index (κ1) is 22.8. The summed E-state index contributed by atoms with van der Waals surface area (Å²) in [5.41, 5.74) is 8.72. The molecule has 2 N–H and O–H groups in total. The molecule has 0 bridgehead atoms. The van der Waals surface area contributed by atoms with Gasteiger partial charge in [-0.05, 0) is 79.0 Å². The minimum atomic E-state index is -0.240. The maximum atomic E-state index is 13.5. The highest BCUT2D eigenvalue weighted by molar-refractivity contribution is 6.01. The van der Waals surface area contributed by atoms with Gasteiger partial charge in [0.2, 0.25) is 0 Å². The van der Waals surface area contributed by atoms with Crippen molar-refractivity contribution in [1.82, 2.24) is 30.0 Å². The van der Waals surface area contributed by atoms with E-state index in [0.717, 1.165) is 75.2 Å². The van der Waals surface area contributed by atoms with E-state index in [1.807, 2.05) is 42.9 Å². The van der Waals surface area contributed by atoms with Crippen LogP contribution < -0.4 is 0 Å². The van der Waals surface area contributed by atoms with E-state index in [2.05, 4.69) is 49.3 Å². The Morgan fingerprint density at radius 1 is 0.816 bits per heavy atom. The van der Waals surface area contributed by atoms with Crippen LogP contribution in [-0.4, -0.2) is 43.1 Å². The fourth-order valence-electron chi connectivity index (χ4n) is 5.53. The van der Waals surface area contributed by atoms with E-state index >= 15 is 0 Å². The van der Waals surface area contributed by atoms with Crippen molar-refractivity contribution in [1.29, 1.82) is 0 Å². The lowest BCUT2D eigenvalue weighted by molar-refractivity contribution is 0.220. The molecule has 7 rings (SSSR count). The smallest absolute Gasteiger partial charge is 0.123 e. The van der Waals surface area contributed by atoms with E-state index in [9.17, 15) is 4.39 Å². The molecule has 0 spiro atoms. The predicted molar refractivity (Wildman–Crippen MR) is 149 cm³/mol. The minimum absolute atomic E-state index is 0.240. The Hall–Kier alpha value is -4.36. The summed E-state index contributed by atoms with van der Waals surface area (Å²) in [5, 5.41) is 9.82. The fraction of sp³-hybridized carbons (Fsp3) is 0.194. The average Bonchev–Trinajstić information content (AvgIpc) is 3.58. The zero-order chi connectivity index (χ0) is 25.5. The Labute approximate surface area is 219 Å². The van der Waals surface area contributed by atoms with Crippen LogP contribution >= 0.6 is 0 Å². The Balaban J connectivity index is 1.25. The van der Waals surface area contributed by atoms with Gasteiger partial charge in [0.25, 0.3) is 0 Å². The van der Waals surface area contributed by atoms with Gasteiger partial charge in [0.15, 0.2) is 0 Å². The lowest BCUT2D eigenvalue weighted by atomic mass is 10.0. The van der Waals surface area contributed by atoms with Gasteiger partial charge in [0.1, 0.15) is 11.5 Å². The van der Waals surface area contributed by atoms with Crippen LogP contribution in [0.25, 0.3) is 55.6 Å². The normalized spacial score (nSPS) is 14.4. The summed E-state index contributed by atoms with van der Waals surface area (Å²) in [7, 11) is 0. The summed E-state index contributed by atoms with van der Waals surface area (Å²) in [5.74, 6) is -0.240. The first-order chi connectivity index (χ1) is 18.7. The number of aromatic nitrogens is 5. The van der Waals surface area contributed by atoms with Crippen molar-refractivity contribution < 1.29 is 4.39 Å². The van der Waals surface area contributed by atoms with Crippen molar-refractivity contribution in [2.75, 3.05) is 13.1 Å². The van der Waals surface area contributed by atoms with E-state index in [1.54, 1.807) is 0 Å². The molecule has 1 aliphatic rings. The molecule has 38 heavy (non-hydrogen) atoms. The number of halogens is 1. The number of hydrogen-bond acceptors (Lipinski definition) is 4. The van der Waals surface area contributed by atoms with Crippen LogP contribution in [-0.2, 0) is 6.54 Å². The molecule has 2 aromatic carbocycles. The highest BCUT2D eigenvalue weighted by atomic mass is 19.1. The van der Waals surface area contributed by atoms with Crippen LogP contribution in [0.5, 0.6) is 0 Å². The third kappa shape index (κ3) is 4.25. The third-order valence-corrected chi connectivity index (χ3v) is 7.47. The number of fused-ring (bicyclic) bond motifs is 2. The molecule has 6 aromatic rings. The zero-order valence-electron chi connectivity index (χ0n) is 20.9. The Bertz CT molecular complexity index is 1740. The lowest BCUT2D eigenvalue weighted by Crippen LogP contribution is -2.29. The van der Waals surface area contributed by atoms with Crippen molar-refractivity contribution in [3.63, 3.8) is 0 Å². The molecule has 0 aliphatic carbocycles. The molecule has 4 aromatic heterocycles. The molecular formula is C31H27FN6. The first-order valence-electron chi connectivity index (χ1n) is 13.1. The van der Waals surface area contributed by atoms with Crippen molar-refractivity contribution in [2.24, 2.45) is 0 Å². The number of hydrogen-bond donors (Lipinski definition) is 2. The number of H-pyrrole nitrogens is 2. The Morgan fingerprint density at radius 2 is 1.68 bits per heavy atom. The highest BCUT2D eigenvalue weighted by Crippen LogP contribution is 2.35. The van der Waals surface area contributed by atoms with Crippen LogP contribution in [0.1, 0.15) is 24.8 Å². The molecule has 1 saturated heterocycles. The number of benzene rings is 2. The average molecular weight is 503 g/mol. The standard InChI is InChI=1S/C31H27FN6/c32-23-9-7-21(8-10-23)24-5-4-6-27-25(24)14-29(35-27)31-26-15-28(34-18-30(26)36-37-31)22-13-20(16-33-17-22)19-38-11-2-1-3-12-38/h4-10,13-18,35H,1-3,11-12,19H2,(H,36,37). The Morgan fingerprint density at radius 3 is 2.55 bits per heavy atom. The van der Waals surface area contributed by atoms with Crippen LogP contribution in [0, 0.1) is 5.82 Å². The predicted octanol–water partition coefficient (Wildman–Crippen LogP) is 6.96. The van der Waals surface area contributed by atoms with Crippen molar-refractivity contribution >= 4 is 21.8 Å². The number of piperidine rings is 1. The van der Waals surface area contributed by atoms with Crippen molar-refractivity contribution in [2.45, 2.75) is 25.8 Å². The summed E-state index contributed by atoms with van der Waals surface area (Å²) >= 11 is 0. The van der Waals surface area contributed by atoms with Gasteiger partial charge in [-0.1, -0.05) is 30.7 Å². The Kier molecular flexibility index (Phi) is 5.70. The van der Waals surface area contributed by atoms with Gasteiger partial charge in [-0.15, -0.1) is 0 Å². The van der Waals surface area contributed by atoms with Crippen LogP contribution in [0.15, 0.2) is 79.3 Å². The van der Waals surface area contributed by atoms with E-state index in [-0.39, 0.29) is 5.82 Å². The maximum Gasteiger partial charge on any atom is 0.123 e. The number of pyridine rings is 2. The van der Waals surface area contributed by atoms with Gasteiger partial charge in [-0.3, -0.25) is 20.0 Å². The lowest BCUT2D eigenvalue weighted by Gasteiger charge is -2.26. The second kappa shape index (κ2) is 9.50. The number of nitrogens with one attached hydrogen (secondary N) is 2. The van der Waals surface area contributed by atoms with Gasteiger partial charge in [-0.2, -0.15) is 5.10 Å². The fourth-order valence-corrected chi connectivity index (χ4v) is 5.53. The summed E-state index contributed by atoms with van der Waals surface area (Å²) in [4.78, 5) is 15.3. The molecule has 0 atom stereocenters. The maximum absolute atomic E-state index is 13.5. The van der Waals surface area contributed by atoms with Crippen LogP contribution in [0.2, 0.25) is 0 Å². The molecule has 188 valence electrons. The summed E-state index contributed by atoms with van der Waals surface area (Å²) in [6, 6.07) is 19.1. The monoisotopic (exact) mass is 502 g/mol.